The van der Waals surface area contributed by atoms with Crippen molar-refractivity contribution < 1.29 is 14.3 Å². The molecule has 3 nitrogen and oxygen atoms in total. The van der Waals surface area contributed by atoms with Crippen LogP contribution in [0.2, 0.25) is 0 Å². The molecule has 0 bridgehead atoms. The highest BCUT2D eigenvalue weighted by Gasteiger charge is 2.32. The molecule has 0 saturated heterocycles. The molecular weight excluding hydrogens is 312 g/mol. The summed E-state index contributed by atoms with van der Waals surface area (Å²) in [7, 11) is 1.63. The van der Waals surface area contributed by atoms with Gasteiger partial charge in [-0.25, -0.2) is 0 Å². The third-order valence-electron chi connectivity index (χ3n) is 5.13. The zero-order valence-electron chi connectivity index (χ0n) is 14.6. The number of ether oxygens (including phenoxy) is 1. The molecule has 2 aromatic carbocycles. The third kappa shape index (κ3) is 4.16. The van der Waals surface area contributed by atoms with E-state index in [1.54, 1.807) is 7.11 Å². The highest BCUT2D eigenvalue weighted by atomic mass is 16.5. The Kier molecular flexibility index (Phi) is 5.64. The van der Waals surface area contributed by atoms with Crippen LogP contribution in [0, 0.1) is 5.92 Å². The van der Waals surface area contributed by atoms with E-state index in [1.165, 1.54) is 0 Å². The summed E-state index contributed by atoms with van der Waals surface area (Å²) < 4.78 is 5.23. The molecule has 0 amide bonds. The minimum absolute atomic E-state index is 0.0604. The number of rotatable bonds is 6. The van der Waals surface area contributed by atoms with Gasteiger partial charge in [0.25, 0.3) is 0 Å². The molecule has 0 heterocycles. The van der Waals surface area contributed by atoms with Crippen molar-refractivity contribution in [3.8, 4) is 5.75 Å². The average Bonchev–Trinajstić information content (AvgIpc) is 2.67. The molecule has 2 atom stereocenters. The summed E-state index contributed by atoms with van der Waals surface area (Å²) in [6, 6.07) is 17.1. The first-order valence-electron chi connectivity index (χ1n) is 8.94. The quantitative estimate of drug-likeness (QED) is 0.711. The van der Waals surface area contributed by atoms with E-state index in [-0.39, 0.29) is 17.6 Å². The summed E-state index contributed by atoms with van der Waals surface area (Å²) in [6.07, 6.45) is 3.90. The van der Waals surface area contributed by atoms with E-state index in [9.17, 15) is 9.59 Å². The van der Waals surface area contributed by atoms with Crippen LogP contribution in [0.25, 0.3) is 0 Å². The smallest absolute Gasteiger partial charge is 0.163 e. The van der Waals surface area contributed by atoms with Crippen LogP contribution in [0.15, 0.2) is 54.6 Å². The van der Waals surface area contributed by atoms with Gasteiger partial charge in [0.15, 0.2) is 5.78 Å². The fourth-order valence-electron chi connectivity index (χ4n) is 3.72. The first-order valence-corrected chi connectivity index (χ1v) is 8.94. The maximum absolute atomic E-state index is 12.8. The number of hydrogen-bond donors (Lipinski definition) is 0. The number of Topliss-reactive ketones (excluding diaryl/α,β-unsaturated/α-hetero) is 2. The van der Waals surface area contributed by atoms with Gasteiger partial charge in [-0.2, -0.15) is 0 Å². The van der Waals surface area contributed by atoms with Crippen LogP contribution in [0.3, 0.4) is 0 Å². The van der Waals surface area contributed by atoms with Gasteiger partial charge >= 0.3 is 0 Å². The highest BCUT2D eigenvalue weighted by Crippen LogP contribution is 2.37. The van der Waals surface area contributed by atoms with Crippen molar-refractivity contribution >= 4 is 11.6 Å². The molecule has 1 saturated carbocycles. The Morgan fingerprint density at radius 3 is 2.44 bits per heavy atom. The zero-order valence-corrected chi connectivity index (χ0v) is 14.6. The first kappa shape index (κ1) is 17.4. The Morgan fingerprint density at radius 2 is 1.80 bits per heavy atom. The molecule has 3 heteroatoms. The summed E-state index contributed by atoms with van der Waals surface area (Å²) in [5, 5.41) is 0. The van der Waals surface area contributed by atoms with Crippen molar-refractivity contribution in [2.45, 2.75) is 38.0 Å². The second-order valence-electron chi connectivity index (χ2n) is 6.69. The van der Waals surface area contributed by atoms with E-state index in [1.807, 2.05) is 54.6 Å². The van der Waals surface area contributed by atoms with Crippen molar-refractivity contribution in [2.24, 2.45) is 5.92 Å². The van der Waals surface area contributed by atoms with Gasteiger partial charge < -0.3 is 4.74 Å². The van der Waals surface area contributed by atoms with Gasteiger partial charge in [-0.05, 0) is 30.5 Å². The maximum atomic E-state index is 12.8. The van der Waals surface area contributed by atoms with Gasteiger partial charge in [0.1, 0.15) is 11.5 Å². The second kappa shape index (κ2) is 8.11. The van der Waals surface area contributed by atoms with E-state index in [4.69, 9.17) is 4.74 Å². The van der Waals surface area contributed by atoms with Gasteiger partial charge in [-0.3, -0.25) is 9.59 Å². The molecule has 0 N–H and O–H groups in total. The Balaban J connectivity index is 1.87. The van der Waals surface area contributed by atoms with Crippen LogP contribution < -0.4 is 4.74 Å². The summed E-state index contributed by atoms with van der Waals surface area (Å²) in [5.74, 6) is 1.06. The molecule has 0 aromatic heterocycles. The van der Waals surface area contributed by atoms with E-state index >= 15 is 0 Å². The molecular formula is C22H24O3. The molecule has 0 spiro atoms. The topological polar surface area (TPSA) is 43.4 Å². The van der Waals surface area contributed by atoms with Gasteiger partial charge in [0, 0.05) is 30.2 Å². The molecule has 1 fully saturated rings. The predicted octanol–water partition coefficient (Wildman–Crippen LogP) is 4.81. The lowest BCUT2D eigenvalue weighted by Crippen LogP contribution is -2.27. The zero-order chi connectivity index (χ0) is 17.6. The Morgan fingerprint density at radius 1 is 1.08 bits per heavy atom. The van der Waals surface area contributed by atoms with Crippen LogP contribution >= 0.6 is 0 Å². The highest BCUT2D eigenvalue weighted by molar-refractivity contribution is 5.97. The minimum atomic E-state index is -0.0635. The van der Waals surface area contributed by atoms with Crippen LogP contribution in [-0.4, -0.2) is 18.7 Å². The molecule has 1 aliphatic rings. The lowest BCUT2D eigenvalue weighted by Gasteiger charge is -2.29. The van der Waals surface area contributed by atoms with Gasteiger partial charge in [0.2, 0.25) is 0 Å². The van der Waals surface area contributed by atoms with E-state index in [0.717, 1.165) is 30.6 Å². The molecule has 2 aromatic rings. The van der Waals surface area contributed by atoms with Gasteiger partial charge in [-0.15, -0.1) is 0 Å². The van der Waals surface area contributed by atoms with Crippen molar-refractivity contribution in [1.29, 1.82) is 0 Å². The van der Waals surface area contributed by atoms with E-state index in [0.29, 0.717) is 24.2 Å². The number of carbonyl (C=O) groups excluding carboxylic acids is 2. The number of methoxy groups -OCH3 is 1. The molecule has 25 heavy (non-hydrogen) atoms. The number of benzene rings is 2. The normalized spacial score (nSPS) is 18.6. The molecule has 130 valence electrons. The number of hydrogen-bond acceptors (Lipinski definition) is 3. The van der Waals surface area contributed by atoms with Gasteiger partial charge in [-0.1, -0.05) is 48.9 Å². The largest absolute Gasteiger partial charge is 0.497 e. The Bertz CT molecular complexity index is 719. The molecule has 0 radical (unpaired) electrons. The maximum Gasteiger partial charge on any atom is 0.163 e. The molecule has 0 aliphatic heterocycles. The minimum Gasteiger partial charge on any atom is -0.497 e. The first-order chi connectivity index (χ1) is 12.2. The average molecular weight is 336 g/mol. The van der Waals surface area contributed by atoms with E-state index < -0.39 is 0 Å². The molecule has 1 aliphatic carbocycles. The lowest BCUT2D eigenvalue weighted by molar-refractivity contribution is -0.125. The third-order valence-corrected chi connectivity index (χ3v) is 5.13. The fourth-order valence-corrected chi connectivity index (χ4v) is 3.72. The summed E-state index contributed by atoms with van der Waals surface area (Å²) in [5.41, 5.74) is 1.76. The SMILES string of the molecule is COc1ccc([C@H](CC(=O)c2ccccc2)[C@@H]2CCCCC2=O)cc1. The van der Waals surface area contributed by atoms with Crippen LogP contribution in [0.4, 0.5) is 0 Å². The second-order valence-corrected chi connectivity index (χ2v) is 6.69. The summed E-state index contributed by atoms with van der Waals surface area (Å²) in [6.45, 7) is 0. The van der Waals surface area contributed by atoms with Crippen LogP contribution in [0.1, 0.15) is 53.9 Å². The predicted molar refractivity (Wildman–Crippen MR) is 98.1 cm³/mol. The van der Waals surface area contributed by atoms with Gasteiger partial charge in [0.05, 0.1) is 7.11 Å². The number of carbonyl (C=O) groups is 2. The summed E-state index contributed by atoms with van der Waals surface area (Å²) >= 11 is 0. The Hall–Kier alpha value is -2.42. The number of ketones is 2. The lowest BCUT2D eigenvalue weighted by atomic mass is 9.73. The van der Waals surface area contributed by atoms with Crippen LogP contribution in [0.5, 0.6) is 5.75 Å². The van der Waals surface area contributed by atoms with Crippen molar-refractivity contribution in [1.82, 2.24) is 0 Å². The van der Waals surface area contributed by atoms with Crippen molar-refractivity contribution in [3.63, 3.8) is 0 Å². The van der Waals surface area contributed by atoms with E-state index in [2.05, 4.69) is 0 Å². The molecule has 3 rings (SSSR count). The van der Waals surface area contributed by atoms with Crippen molar-refractivity contribution in [3.05, 3.63) is 65.7 Å². The van der Waals surface area contributed by atoms with Crippen molar-refractivity contribution in [2.75, 3.05) is 7.11 Å². The van der Waals surface area contributed by atoms with Crippen LogP contribution in [-0.2, 0) is 4.79 Å². The fraction of sp³-hybridized carbons (Fsp3) is 0.364. The monoisotopic (exact) mass is 336 g/mol. The Labute approximate surface area is 149 Å². The summed E-state index contributed by atoms with van der Waals surface area (Å²) in [4.78, 5) is 25.3. The standard InChI is InChI=1S/C22H24O3/c1-25-18-13-11-16(12-14-18)20(19-9-5-6-10-21(19)23)15-22(24)17-7-3-2-4-8-17/h2-4,7-8,11-14,19-20H,5-6,9-10,15H2,1H3/t19-,20-/m0/s1. The molecule has 0 unspecified atom stereocenters.